The summed E-state index contributed by atoms with van der Waals surface area (Å²) in [5.41, 5.74) is 0. The van der Waals surface area contributed by atoms with Crippen LogP contribution in [0.5, 0.6) is 5.75 Å². The molecule has 0 aliphatic carbocycles. The van der Waals surface area contributed by atoms with Crippen LogP contribution >= 0.6 is 0 Å². The zero-order chi connectivity index (χ0) is 12.5. The maximum atomic E-state index is 11.0. The first kappa shape index (κ1) is 11.9. The van der Waals surface area contributed by atoms with Crippen molar-refractivity contribution >= 4 is 20.9 Å². The number of fused-ring (bicyclic) bond motifs is 1. The Kier molecular flexibility index (Phi) is 3.04. The first-order valence-electron chi connectivity index (χ1n) is 5.15. The molecule has 0 atom stereocenters. The Bertz CT molecular complexity index is 647. The molecule has 1 N–H and O–H groups in total. The summed E-state index contributed by atoms with van der Waals surface area (Å²) in [7, 11) is -4.16. The van der Waals surface area contributed by atoms with E-state index in [1.165, 1.54) is 12.1 Å². The molecule has 4 nitrogen and oxygen atoms in total. The van der Waals surface area contributed by atoms with Crippen molar-refractivity contribution < 1.29 is 17.7 Å². The Morgan fingerprint density at radius 2 is 2.00 bits per heavy atom. The van der Waals surface area contributed by atoms with Gasteiger partial charge < -0.3 is 4.74 Å². The zero-order valence-corrected chi connectivity index (χ0v) is 10.1. The summed E-state index contributed by atoms with van der Waals surface area (Å²) in [5.74, 6) is 0.701. The van der Waals surface area contributed by atoms with Gasteiger partial charge in [-0.2, -0.15) is 8.42 Å². The van der Waals surface area contributed by atoms with Crippen LogP contribution in [-0.4, -0.2) is 19.6 Å². The highest BCUT2D eigenvalue weighted by Crippen LogP contribution is 2.27. The van der Waals surface area contributed by atoms with Gasteiger partial charge in [0.25, 0.3) is 10.1 Å². The van der Waals surface area contributed by atoms with E-state index in [0.717, 1.165) is 5.39 Å². The van der Waals surface area contributed by atoms with Crippen molar-refractivity contribution in [2.75, 3.05) is 6.61 Å². The summed E-state index contributed by atoms with van der Waals surface area (Å²) in [6.45, 7) is 2.42. The predicted octanol–water partition coefficient (Wildman–Crippen LogP) is 2.49. The van der Waals surface area contributed by atoms with Gasteiger partial charge >= 0.3 is 0 Å². The lowest BCUT2D eigenvalue weighted by atomic mass is 10.1. The van der Waals surface area contributed by atoms with Gasteiger partial charge in [0.05, 0.1) is 11.5 Å². The fourth-order valence-corrected chi connectivity index (χ4v) is 2.19. The van der Waals surface area contributed by atoms with Crippen LogP contribution in [0.3, 0.4) is 0 Å². The fraction of sp³-hybridized carbons (Fsp3) is 0.167. The van der Waals surface area contributed by atoms with Crippen molar-refractivity contribution in [3.63, 3.8) is 0 Å². The van der Waals surface area contributed by atoms with Gasteiger partial charge in [0, 0.05) is 5.39 Å². The molecule has 2 aromatic carbocycles. The van der Waals surface area contributed by atoms with Gasteiger partial charge in [-0.25, -0.2) is 0 Å². The van der Waals surface area contributed by atoms with E-state index in [2.05, 4.69) is 0 Å². The molecule has 0 amide bonds. The van der Waals surface area contributed by atoms with E-state index >= 15 is 0 Å². The topological polar surface area (TPSA) is 63.6 Å². The highest BCUT2D eigenvalue weighted by Gasteiger charge is 2.11. The third-order valence-electron chi connectivity index (χ3n) is 2.41. The smallest absolute Gasteiger partial charge is 0.294 e. The lowest BCUT2D eigenvalue weighted by molar-refractivity contribution is 0.344. The largest absolute Gasteiger partial charge is 0.493 e. The summed E-state index contributed by atoms with van der Waals surface area (Å²) >= 11 is 0. The van der Waals surface area contributed by atoms with Gasteiger partial charge in [0.1, 0.15) is 5.75 Å². The van der Waals surface area contributed by atoms with E-state index in [0.29, 0.717) is 17.7 Å². The molecule has 0 radical (unpaired) electrons. The molecule has 90 valence electrons. The van der Waals surface area contributed by atoms with E-state index in [-0.39, 0.29) is 4.90 Å². The molecule has 0 saturated carbocycles. The molecule has 2 rings (SSSR count). The maximum Gasteiger partial charge on any atom is 0.294 e. The Morgan fingerprint density at radius 3 is 2.65 bits per heavy atom. The highest BCUT2D eigenvalue weighted by molar-refractivity contribution is 7.85. The van der Waals surface area contributed by atoms with Gasteiger partial charge in [-0.05, 0) is 36.6 Å². The van der Waals surface area contributed by atoms with E-state index < -0.39 is 10.1 Å². The molecule has 17 heavy (non-hydrogen) atoms. The van der Waals surface area contributed by atoms with Crippen LogP contribution in [0.1, 0.15) is 6.92 Å². The first-order valence-corrected chi connectivity index (χ1v) is 6.59. The molecule has 0 unspecified atom stereocenters. The van der Waals surface area contributed by atoms with Gasteiger partial charge in [-0.15, -0.1) is 0 Å². The van der Waals surface area contributed by atoms with E-state index in [1.807, 2.05) is 13.0 Å². The van der Waals surface area contributed by atoms with Crippen LogP contribution in [-0.2, 0) is 10.1 Å². The molecular weight excluding hydrogens is 240 g/mol. The normalized spacial score (nSPS) is 11.6. The second-order valence-corrected chi connectivity index (χ2v) is 4.97. The Labute approximate surface area is 99.6 Å². The van der Waals surface area contributed by atoms with Crippen LogP contribution in [0.15, 0.2) is 41.3 Å². The van der Waals surface area contributed by atoms with Crippen molar-refractivity contribution in [3.8, 4) is 5.75 Å². The Balaban J connectivity index is 2.65. The molecule has 0 bridgehead atoms. The van der Waals surface area contributed by atoms with Crippen LogP contribution in [0, 0.1) is 0 Å². The molecular formula is C12H12O4S. The van der Waals surface area contributed by atoms with Crippen LogP contribution < -0.4 is 4.74 Å². The van der Waals surface area contributed by atoms with E-state index in [1.54, 1.807) is 18.2 Å². The quantitative estimate of drug-likeness (QED) is 0.852. The molecule has 0 aliphatic rings. The van der Waals surface area contributed by atoms with E-state index in [4.69, 9.17) is 9.29 Å². The number of rotatable bonds is 3. The monoisotopic (exact) mass is 252 g/mol. The number of benzene rings is 2. The molecule has 2 aromatic rings. The summed E-state index contributed by atoms with van der Waals surface area (Å²) in [5, 5.41) is 1.54. The highest BCUT2D eigenvalue weighted by atomic mass is 32.2. The minimum atomic E-state index is -4.16. The molecule has 0 spiro atoms. The zero-order valence-electron chi connectivity index (χ0n) is 9.25. The van der Waals surface area contributed by atoms with Crippen LogP contribution in [0.4, 0.5) is 0 Å². The maximum absolute atomic E-state index is 11.0. The third-order valence-corrected chi connectivity index (χ3v) is 3.26. The van der Waals surface area contributed by atoms with Gasteiger partial charge in [-0.3, -0.25) is 4.55 Å². The number of hydrogen-bond donors (Lipinski definition) is 1. The third kappa shape index (κ3) is 2.40. The summed E-state index contributed by atoms with van der Waals surface area (Å²) in [6.07, 6.45) is 0. The summed E-state index contributed by atoms with van der Waals surface area (Å²) in [4.78, 5) is -0.112. The number of ether oxygens (including phenoxy) is 1. The number of hydrogen-bond acceptors (Lipinski definition) is 3. The Morgan fingerprint density at radius 1 is 1.24 bits per heavy atom. The van der Waals surface area contributed by atoms with E-state index in [9.17, 15) is 8.42 Å². The fourth-order valence-electron chi connectivity index (χ4n) is 1.67. The minimum Gasteiger partial charge on any atom is -0.493 e. The second-order valence-electron chi connectivity index (χ2n) is 3.55. The molecule has 0 saturated heterocycles. The SMILES string of the molecule is CCOc1cccc2cc(S(=O)(=O)O)ccc12. The molecule has 0 aromatic heterocycles. The van der Waals surface area contributed by atoms with Crippen molar-refractivity contribution in [3.05, 3.63) is 36.4 Å². The van der Waals surface area contributed by atoms with Crippen molar-refractivity contribution in [1.29, 1.82) is 0 Å². The van der Waals surface area contributed by atoms with Crippen LogP contribution in [0.25, 0.3) is 10.8 Å². The standard InChI is InChI=1S/C12H12O4S/c1-2-16-12-5-3-4-9-8-10(17(13,14)15)6-7-11(9)12/h3-8H,2H2,1H3,(H,13,14,15). The minimum absolute atomic E-state index is 0.112. The Hall–Kier alpha value is -1.59. The second kappa shape index (κ2) is 4.35. The molecule has 0 heterocycles. The molecule has 5 heteroatoms. The van der Waals surface area contributed by atoms with Crippen molar-refractivity contribution in [2.45, 2.75) is 11.8 Å². The average molecular weight is 252 g/mol. The first-order chi connectivity index (χ1) is 8.02. The van der Waals surface area contributed by atoms with Crippen molar-refractivity contribution in [2.24, 2.45) is 0 Å². The lowest BCUT2D eigenvalue weighted by Gasteiger charge is -2.07. The summed E-state index contributed by atoms with van der Waals surface area (Å²) in [6, 6.07) is 9.78. The molecule has 0 aliphatic heterocycles. The average Bonchev–Trinajstić information content (AvgIpc) is 2.28. The lowest BCUT2D eigenvalue weighted by Crippen LogP contribution is -1.98. The summed E-state index contributed by atoms with van der Waals surface area (Å²) < 4.78 is 36.4. The van der Waals surface area contributed by atoms with Gasteiger partial charge in [0.2, 0.25) is 0 Å². The van der Waals surface area contributed by atoms with Crippen molar-refractivity contribution in [1.82, 2.24) is 0 Å². The van der Waals surface area contributed by atoms with Crippen LogP contribution in [0.2, 0.25) is 0 Å². The predicted molar refractivity (Wildman–Crippen MR) is 64.9 cm³/mol. The molecule has 0 fully saturated rings. The van der Waals surface area contributed by atoms with Gasteiger partial charge in [-0.1, -0.05) is 12.1 Å². The van der Waals surface area contributed by atoms with Gasteiger partial charge in [0.15, 0.2) is 0 Å².